The summed E-state index contributed by atoms with van der Waals surface area (Å²) < 4.78 is 89.6. The van der Waals surface area contributed by atoms with Crippen LogP contribution in [0.15, 0.2) is 12.1 Å². The molecule has 1 aromatic rings. The minimum atomic E-state index is -6.18. The minimum absolute atomic E-state index is 0.239. The second-order valence-electron chi connectivity index (χ2n) is 8.25. The summed E-state index contributed by atoms with van der Waals surface area (Å²) in [5.74, 6) is -3.21. The van der Waals surface area contributed by atoms with Gasteiger partial charge in [0.25, 0.3) is 5.79 Å². The molecule has 182 valence electrons. The predicted octanol–water partition coefficient (Wildman–Crippen LogP) is 3.60. The normalized spacial score (nSPS) is 29.4. The van der Waals surface area contributed by atoms with E-state index >= 15 is 0 Å². The Morgan fingerprint density at radius 3 is 2.61 bits per heavy atom. The fraction of sp³-hybridized carbons (Fsp3) is 0.579. The van der Waals surface area contributed by atoms with Crippen LogP contribution in [0.4, 0.5) is 13.2 Å². The van der Waals surface area contributed by atoms with Crippen LogP contribution in [0.3, 0.4) is 0 Å². The van der Waals surface area contributed by atoms with Gasteiger partial charge in [-0.25, -0.2) is 17.6 Å². The Morgan fingerprint density at radius 1 is 1.30 bits per heavy atom. The van der Waals surface area contributed by atoms with Crippen molar-refractivity contribution in [2.24, 2.45) is 17.8 Å². The molecule has 33 heavy (non-hydrogen) atoms. The number of hydrogen-bond acceptors (Lipinski definition) is 8. The second-order valence-corrected chi connectivity index (χ2v) is 12.1. The second kappa shape index (κ2) is 8.65. The first-order valence-electron chi connectivity index (χ1n) is 9.80. The van der Waals surface area contributed by atoms with Gasteiger partial charge in [0.05, 0.1) is 16.1 Å². The van der Waals surface area contributed by atoms with E-state index in [2.05, 4.69) is 45.2 Å². The minimum Gasteiger partial charge on any atom is -0.743 e. The molecule has 1 aromatic carbocycles. The number of ether oxygens (including phenoxy) is 3. The molecule has 8 nitrogen and oxygen atoms in total. The van der Waals surface area contributed by atoms with Gasteiger partial charge < -0.3 is 18.8 Å². The number of benzene rings is 1. The molecule has 4 rings (SSSR count). The Kier molecular flexibility index (Phi) is 6.61. The monoisotopic (exact) mass is 715 g/mol. The van der Waals surface area contributed by atoms with Gasteiger partial charge in [0, 0.05) is 22.3 Å². The van der Waals surface area contributed by atoms with E-state index in [1.165, 1.54) is 0 Å². The van der Waals surface area contributed by atoms with Gasteiger partial charge in [0.15, 0.2) is 22.0 Å². The summed E-state index contributed by atoms with van der Waals surface area (Å²) in [5, 5.41) is -5.10. The number of fused-ring (bicyclic) bond motifs is 4. The Bertz CT molecular complexity index is 1110. The van der Waals surface area contributed by atoms with Crippen LogP contribution >= 0.6 is 45.2 Å². The molecule has 3 aliphatic rings. The van der Waals surface area contributed by atoms with Crippen molar-refractivity contribution < 1.29 is 49.9 Å². The molecule has 1 heterocycles. The molecule has 0 amide bonds. The highest BCUT2D eigenvalue weighted by Crippen LogP contribution is 2.58. The number of hydrogen-bond donors (Lipinski definition) is 0. The largest absolute Gasteiger partial charge is 0.743 e. The number of alkyl halides is 3. The first kappa shape index (κ1) is 25.2. The molecule has 2 fully saturated rings. The van der Waals surface area contributed by atoms with Crippen molar-refractivity contribution in [1.29, 1.82) is 0 Å². The van der Waals surface area contributed by atoms with Crippen molar-refractivity contribution in [3.8, 4) is 5.75 Å². The molecule has 14 heteroatoms. The quantitative estimate of drug-likeness (QED) is 0.249. The highest BCUT2D eigenvalue weighted by atomic mass is 127. The summed E-state index contributed by atoms with van der Waals surface area (Å²) in [4.78, 5) is 25.1. The van der Waals surface area contributed by atoms with Gasteiger partial charge in [-0.05, 0) is 76.1 Å². The first-order valence-corrected chi connectivity index (χ1v) is 13.4. The van der Waals surface area contributed by atoms with E-state index in [0.717, 1.165) is 7.14 Å². The van der Waals surface area contributed by atoms with E-state index < -0.39 is 58.2 Å². The van der Waals surface area contributed by atoms with Crippen LogP contribution < -0.4 is 4.74 Å². The Hall–Kier alpha value is -0.880. The zero-order valence-corrected chi connectivity index (χ0v) is 21.7. The number of halogens is 5. The van der Waals surface area contributed by atoms with Crippen LogP contribution in [0.2, 0.25) is 0 Å². The fourth-order valence-corrected chi connectivity index (χ4v) is 7.08. The summed E-state index contributed by atoms with van der Waals surface area (Å²) in [5.41, 5.74) is 0.327. The topological polar surface area (TPSA) is 119 Å². The summed E-state index contributed by atoms with van der Waals surface area (Å²) in [7, 11) is -6.18. The van der Waals surface area contributed by atoms with Crippen molar-refractivity contribution in [2.75, 3.05) is 6.61 Å². The average Bonchev–Trinajstić information content (AvgIpc) is 3.26. The van der Waals surface area contributed by atoms with Crippen molar-refractivity contribution in [2.45, 2.75) is 42.9 Å². The Morgan fingerprint density at radius 2 is 2.00 bits per heavy atom. The van der Waals surface area contributed by atoms with Gasteiger partial charge in [-0.15, -0.1) is 0 Å². The maximum atomic E-state index is 13.5. The van der Waals surface area contributed by atoms with Gasteiger partial charge in [-0.2, -0.15) is 8.78 Å². The van der Waals surface area contributed by atoms with Crippen molar-refractivity contribution in [3.63, 3.8) is 0 Å². The molecule has 2 aliphatic carbocycles. The molecule has 0 radical (unpaired) electrons. The number of carbonyl (C=O) groups excluding carboxylic acids is 2. The van der Waals surface area contributed by atoms with Crippen LogP contribution in [0.5, 0.6) is 5.75 Å². The molecule has 0 aromatic heterocycles. The Labute approximate surface area is 213 Å². The summed E-state index contributed by atoms with van der Waals surface area (Å²) in [6, 6.07) is 3.53. The van der Waals surface area contributed by atoms with E-state index in [9.17, 15) is 35.7 Å². The lowest BCUT2D eigenvalue weighted by Crippen LogP contribution is -2.50. The third kappa shape index (κ3) is 4.44. The zero-order chi connectivity index (χ0) is 24.3. The SMILES string of the molecule is O=C1OC2(CC3CC2CC3C(=O)OCCC(F)C(F)(F)S(=O)(=O)[O-])Oc2c(I)cc(I)cc21. The molecule has 0 N–H and O–H groups in total. The number of esters is 2. The number of rotatable bonds is 6. The van der Waals surface area contributed by atoms with Crippen LogP contribution in [-0.4, -0.2) is 48.7 Å². The van der Waals surface area contributed by atoms with Crippen molar-refractivity contribution in [3.05, 3.63) is 24.8 Å². The molecule has 5 atom stereocenters. The standard InChI is InChI=1S/C19H17F3I2O8S/c20-14(19(21,22)33(27,28)29)1-2-30-16(25)11-4-9-3-8(11)7-18(9)31-15-12(17(26)32-18)5-10(23)6-13(15)24/h5-6,8-9,11,14H,1-4,7H2,(H,27,28,29)/p-1. The summed E-state index contributed by atoms with van der Waals surface area (Å²) >= 11 is 4.15. The molecule has 1 spiro atoms. The molecular formula is C19H16F3I2O8S-. The van der Waals surface area contributed by atoms with Crippen LogP contribution in [-0.2, 0) is 24.4 Å². The van der Waals surface area contributed by atoms with Crippen LogP contribution in [0.1, 0.15) is 36.0 Å². The van der Waals surface area contributed by atoms with E-state index in [1.54, 1.807) is 6.07 Å². The molecule has 1 aliphatic heterocycles. The van der Waals surface area contributed by atoms with Crippen LogP contribution in [0.25, 0.3) is 0 Å². The molecule has 5 unspecified atom stereocenters. The zero-order valence-electron chi connectivity index (χ0n) is 16.6. The number of carbonyl (C=O) groups is 2. The lowest BCUT2D eigenvalue weighted by Gasteiger charge is -2.42. The molecule has 2 bridgehead atoms. The van der Waals surface area contributed by atoms with Gasteiger partial charge in [0.2, 0.25) is 0 Å². The summed E-state index contributed by atoms with van der Waals surface area (Å²) in [6.07, 6.45) is -3.42. The first-order chi connectivity index (χ1) is 15.2. The van der Waals surface area contributed by atoms with Gasteiger partial charge in [-0.3, -0.25) is 4.79 Å². The highest BCUT2D eigenvalue weighted by Gasteiger charge is 2.63. The van der Waals surface area contributed by atoms with Gasteiger partial charge in [-0.1, -0.05) is 0 Å². The van der Waals surface area contributed by atoms with Crippen molar-refractivity contribution in [1.82, 2.24) is 0 Å². The Balaban J connectivity index is 1.37. The lowest BCUT2D eigenvalue weighted by atomic mass is 9.84. The highest BCUT2D eigenvalue weighted by molar-refractivity contribution is 14.1. The van der Waals surface area contributed by atoms with Gasteiger partial charge >= 0.3 is 17.2 Å². The van der Waals surface area contributed by atoms with E-state index in [-0.39, 0.29) is 24.7 Å². The third-order valence-electron chi connectivity index (χ3n) is 6.25. The van der Waals surface area contributed by atoms with E-state index in [4.69, 9.17) is 14.2 Å². The molecular weight excluding hydrogens is 699 g/mol. The van der Waals surface area contributed by atoms with Crippen LogP contribution in [0, 0.1) is 24.9 Å². The third-order valence-corrected chi connectivity index (χ3v) is 8.59. The molecule has 2 saturated carbocycles. The maximum absolute atomic E-state index is 13.5. The fourth-order valence-electron chi connectivity index (χ4n) is 4.70. The predicted molar refractivity (Wildman–Crippen MR) is 120 cm³/mol. The van der Waals surface area contributed by atoms with Crippen molar-refractivity contribution >= 4 is 67.2 Å². The average molecular weight is 715 g/mol. The van der Waals surface area contributed by atoms with Gasteiger partial charge in [0.1, 0.15) is 5.56 Å². The van der Waals surface area contributed by atoms with E-state index in [0.29, 0.717) is 17.7 Å². The smallest absolute Gasteiger partial charge is 0.364 e. The molecule has 0 saturated heterocycles. The summed E-state index contributed by atoms with van der Waals surface area (Å²) in [6.45, 7) is -0.806. The lowest BCUT2D eigenvalue weighted by molar-refractivity contribution is -0.193. The van der Waals surface area contributed by atoms with E-state index in [1.807, 2.05) is 6.07 Å². The maximum Gasteiger partial charge on any atom is 0.364 e.